The molecule has 0 amide bonds. The van der Waals surface area contributed by atoms with E-state index in [-0.39, 0.29) is 16.2 Å². The molecule has 0 bridgehead atoms. The first-order chi connectivity index (χ1) is 11.2. The highest BCUT2D eigenvalue weighted by Gasteiger charge is 2.30. The maximum absolute atomic E-state index is 10.4. The quantitative estimate of drug-likeness (QED) is 0.685. The molecule has 0 saturated carbocycles. The van der Waals surface area contributed by atoms with Crippen LogP contribution in [0.25, 0.3) is 0 Å². The van der Waals surface area contributed by atoms with Crippen molar-refractivity contribution in [2.24, 2.45) is 5.41 Å². The Kier molecular flexibility index (Phi) is 4.33. The normalized spacial score (nSPS) is 17.5. The minimum atomic E-state index is 0.0628. The minimum Gasteiger partial charge on any atom is -0.508 e. The Balaban J connectivity index is 1.91. The second-order valence-corrected chi connectivity index (χ2v) is 9.68. The lowest BCUT2D eigenvalue weighted by molar-refractivity contribution is 0.284. The summed E-state index contributed by atoms with van der Waals surface area (Å²) in [7, 11) is 0. The van der Waals surface area contributed by atoms with Gasteiger partial charge in [-0.15, -0.1) is 0 Å². The van der Waals surface area contributed by atoms with Gasteiger partial charge in [-0.25, -0.2) is 0 Å². The number of hydrogen-bond donors (Lipinski definition) is 2. The molecule has 1 heterocycles. The van der Waals surface area contributed by atoms with Crippen molar-refractivity contribution in [1.29, 1.82) is 0 Å². The molecule has 2 nitrogen and oxygen atoms in total. The van der Waals surface area contributed by atoms with Crippen molar-refractivity contribution in [2.45, 2.75) is 56.7 Å². The zero-order valence-corrected chi connectivity index (χ0v) is 16.0. The second kappa shape index (κ2) is 6.03. The van der Waals surface area contributed by atoms with E-state index in [9.17, 15) is 5.11 Å². The number of rotatable bonds is 3. The van der Waals surface area contributed by atoms with Crippen LogP contribution in [0.1, 0.15) is 57.5 Å². The van der Waals surface area contributed by atoms with Crippen LogP contribution in [0.4, 0.5) is 5.69 Å². The van der Waals surface area contributed by atoms with Crippen LogP contribution in [0.5, 0.6) is 5.75 Å². The number of anilines is 1. The summed E-state index contributed by atoms with van der Waals surface area (Å²) in [6, 6.07) is 14.4. The molecule has 3 rings (SSSR count). The van der Waals surface area contributed by atoms with Gasteiger partial charge < -0.3 is 10.4 Å². The summed E-state index contributed by atoms with van der Waals surface area (Å²) >= 11 is 1.76. The Bertz CT molecular complexity index is 721. The Hall–Kier alpha value is -1.61. The molecule has 2 aromatic carbocycles. The smallest absolute Gasteiger partial charge is 0.121 e. The highest BCUT2D eigenvalue weighted by Crippen LogP contribution is 2.49. The molecular weight excluding hydrogens is 314 g/mol. The van der Waals surface area contributed by atoms with Crippen LogP contribution in [0.15, 0.2) is 47.4 Å². The number of phenolic OH excluding ortho intramolecular Hbond substituents is 1. The standard InChI is InChI=1S/C21H27NOS/c1-20(2,3)13-21(4,5)14-10-11-17(23)15(12-14)19-22-16-8-6-7-9-18(16)24-19/h6-12,19,22-23H,13H2,1-5H3. The number of thioether (sulfide) groups is 1. The molecule has 0 fully saturated rings. The summed E-state index contributed by atoms with van der Waals surface area (Å²) in [5.74, 6) is 0.364. The molecule has 1 atom stereocenters. The number of para-hydroxylation sites is 1. The van der Waals surface area contributed by atoms with Crippen LogP contribution < -0.4 is 5.32 Å². The molecule has 0 saturated heterocycles. The zero-order chi connectivity index (χ0) is 17.5. The fraction of sp³-hybridized carbons (Fsp3) is 0.429. The highest BCUT2D eigenvalue weighted by molar-refractivity contribution is 8.00. The molecule has 0 aromatic heterocycles. The molecule has 2 aromatic rings. The summed E-state index contributed by atoms with van der Waals surface area (Å²) in [5.41, 5.74) is 3.72. The fourth-order valence-electron chi connectivity index (χ4n) is 3.74. The number of aromatic hydroxyl groups is 1. The van der Waals surface area contributed by atoms with E-state index in [2.05, 4.69) is 70.3 Å². The van der Waals surface area contributed by atoms with Crippen LogP contribution in [-0.2, 0) is 5.41 Å². The molecule has 24 heavy (non-hydrogen) atoms. The Morgan fingerprint density at radius 1 is 1.04 bits per heavy atom. The lowest BCUT2D eigenvalue weighted by Crippen LogP contribution is -2.25. The molecular formula is C21H27NOS. The molecule has 0 radical (unpaired) electrons. The van der Waals surface area contributed by atoms with E-state index in [0.717, 1.165) is 17.7 Å². The van der Waals surface area contributed by atoms with E-state index < -0.39 is 0 Å². The van der Waals surface area contributed by atoms with Gasteiger partial charge in [-0.05, 0) is 47.1 Å². The van der Waals surface area contributed by atoms with Crippen molar-refractivity contribution in [3.05, 3.63) is 53.6 Å². The van der Waals surface area contributed by atoms with Crippen LogP contribution in [-0.4, -0.2) is 5.11 Å². The molecule has 0 aliphatic carbocycles. The van der Waals surface area contributed by atoms with Crippen molar-refractivity contribution in [1.82, 2.24) is 0 Å². The van der Waals surface area contributed by atoms with Crippen LogP contribution >= 0.6 is 11.8 Å². The third-order valence-electron chi connectivity index (χ3n) is 4.48. The van der Waals surface area contributed by atoms with Crippen molar-refractivity contribution >= 4 is 17.4 Å². The molecule has 2 N–H and O–H groups in total. The van der Waals surface area contributed by atoms with Crippen molar-refractivity contribution in [3.8, 4) is 5.75 Å². The Morgan fingerprint density at radius 2 is 1.75 bits per heavy atom. The first-order valence-corrected chi connectivity index (χ1v) is 9.39. The van der Waals surface area contributed by atoms with Gasteiger partial charge in [0, 0.05) is 16.1 Å². The van der Waals surface area contributed by atoms with E-state index in [1.165, 1.54) is 10.5 Å². The molecule has 0 spiro atoms. The van der Waals surface area contributed by atoms with Gasteiger partial charge in [0.1, 0.15) is 11.1 Å². The van der Waals surface area contributed by atoms with Gasteiger partial charge in [0.2, 0.25) is 0 Å². The molecule has 3 heteroatoms. The first-order valence-electron chi connectivity index (χ1n) is 8.51. The van der Waals surface area contributed by atoms with Gasteiger partial charge in [-0.3, -0.25) is 0 Å². The van der Waals surface area contributed by atoms with Gasteiger partial charge in [0.05, 0.1) is 0 Å². The van der Waals surface area contributed by atoms with Gasteiger partial charge in [-0.1, -0.05) is 64.6 Å². The maximum Gasteiger partial charge on any atom is 0.121 e. The molecule has 1 unspecified atom stereocenters. The van der Waals surface area contributed by atoms with Gasteiger partial charge >= 0.3 is 0 Å². The fourth-order valence-corrected chi connectivity index (χ4v) is 4.91. The van der Waals surface area contributed by atoms with Crippen LogP contribution in [0, 0.1) is 5.41 Å². The summed E-state index contributed by atoms with van der Waals surface area (Å²) in [6.07, 6.45) is 1.09. The zero-order valence-electron chi connectivity index (χ0n) is 15.2. The monoisotopic (exact) mass is 341 g/mol. The van der Waals surface area contributed by atoms with E-state index in [0.29, 0.717) is 5.75 Å². The average molecular weight is 342 g/mol. The van der Waals surface area contributed by atoms with E-state index in [1.54, 1.807) is 11.8 Å². The highest BCUT2D eigenvalue weighted by atomic mass is 32.2. The van der Waals surface area contributed by atoms with Gasteiger partial charge in [-0.2, -0.15) is 0 Å². The SMILES string of the molecule is CC(C)(C)CC(C)(C)c1ccc(O)c(C2Nc3ccccc3S2)c1. The third-order valence-corrected chi connectivity index (χ3v) is 5.70. The van der Waals surface area contributed by atoms with E-state index in [1.807, 2.05) is 12.1 Å². The van der Waals surface area contributed by atoms with Gasteiger partial charge in [0.25, 0.3) is 0 Å². The van der Waals surface area contributed by atoms with Crippen LogP contribution in [0.3, 0.4) is 0 Å². The molecule has 128 valence electrons. The van der Waals surface area contributed by atoms with Crippen molar-refractivity contribution in [2.75, 3.05) is 5.32 Å². The minimum absolute atomic E-state index is 0.0628. The summed E-state index contributed by atoms with van der Waals surface area (Å²) < 4.78 is 0. The van der Waals surface area contributed by atoms with Crippen LogP contribution in [0.2, 0.25) is 0 Å². The first kappa shape index (κ1) is 17.2. The van der Waals surface area contributed by atoms with E-state index >= 15 is 0 Å². The Labute approximate surface area is 149 Å². The maximum atomic E-state index is 10.4. The largest absolute Gasteiger partial charge is 0.508 e. The lowest BCUT2D eigenvalue weighted by atomic mass is 9.72. The molecule has 1 aliphatic rings. The second-order valence-electron chi connectivity index (χ2n) is 8.53. The Morgan fingerprint density at radius 3 is 2.42 bits per heavy atom. The number of benzene rings is 2. The molecule has 1 aliphatic heterocycles. The topological polar surface area (TPSA) is 32.3 Å². The third kappa shape index (κ3) is 3.56. The predicted octanol–water partition coefficient (Wildman–Crippen LogP) is 6.32. The predicted molar refractivity (Wildman–Crippen MR) is 104 cm³/mol. The number of phenols is 1. The summed E-state index contributed by atoms with van der Waals surface area (Å²) in [5, 5.41) is 14.0. The van der Waals surface area contributed by atoms with E-state index in [4.69, 9.17) is 0 Å². The number of hydrogen-bond acceptors (Lipinski definition) is 3. The average Bonchev–Trinajstić information content (AvgIpc) is 2.88. The number of nitrogens with one attached hydrogen (secondary N) is 1. The lowest BCUT2D eigenvalue weighted by Gasteiger charge is -2.33. The number of fused-ring (bicyclic) bond motifs is 1. The van der Waals surface area contributed by atoms with Gasteiger partial charge in [0.15, 0.2) is 0 Å². The van der Waals surface area contributed by atoms with Crippen molar-refractivity contribution in [3.63, 3.8) is 0 Å². The van der Waals surface area contributed by atoms with Crippen molar-refractivity contribution < 1.29 is 5.11 Å². The summed E-state index contributed by atoms with van der Waals surface area (Å²) in [4.78, 5) is 1.24. The summed E-state index contributed by atoms with van der Waals surface area (Å²) in [6.45, 7) is 11.4.